The maximum atomic E-state index is 12.8. The van der Waals surface area contributed by atoms with Crippen LogP contribution in [0.15, 0.2) is 59.0 Å². The summed E-state index contributed by atoms with van der Waals surface area (Å²) >= 11 is 0. The molecular weight excluding hydrogens is 300 g/mol. The van der Waals surface area contributed by atoms with Gasteiger partial charge in [-0.25, -0.2) is 0 Å². The van der Waals surface area contributed by atoms with Crippen molar-refractivity contribution < 1.29 is 9.21 Å². The second-order valence-electron chi connectivity index (χ2n) is 6.25. The summed E-state index contributed by atoms with van der Waals surface area (Å²) in [5.41, 5.74) is 4.36. The van der Waals surface area contributed by atoms with Crippen LogP contribution in [0.4, 0.5) is 0 Å². The standard InChI is InChI=1S/C20H16N2O2/c23-20(19-11-13-5-1-4-8-18(13)24-19)22-10-9-15-14-6-2-3-7-16(14)21-17(15)12-22/h1-8,11,21H,9-10,12H2. The number of para-hydroxylation sites is 2. The predicted octanol–water partition coefficient (Wildman–Crippen LogP) is 4.11. The van der Waals surface area contributed by atoms with Crippen molar-refractivity contribution in [1.29, 1.82) is 0 Å². The monoisotopic (exact) mass is 316 g/mol. The minimum Gasteiger partial charge on any atom is -0.451 e. The number of H-pyrrole nitrogens is 1. The highest BCUT2D eigenvalue weighted by Crippen LogP contribution is 2.28. The Bertz CT molecular complexity index is 1040. The van der Waals surface area contributed by atoms with E-state index in [1.807, 2.05) is 41.3 Å². The number of carbonyl (C=O) groups is 1. The van der Waals surface area contributed by atoms with Gasteiger partial charge in [0, 0.05) is 28.5 Å². The van der Waals surface area contributed by atoms with Crippen molar-refractivity contribution in [2.45, 2.75) is 13.0 Å². The summed E-state index contributed by atoms with van der Waals surface area (Å²) in [4.78, 5) is 18.1. The minimum absolute atomic E-state index is 0.0458. The zero-order valence-electron chi connectivity index (χ0n) is 13.1. The van der Waals surface area contributed by atoms with E-state index < -0.39 is 0 Å². The van der Waals surface area contributed by atoms with E-state index in [0.717, 1.165) is 28.6 Å². The number of carbonyl (C=O) groups excluding carboxylic acids is 1. The highest BCUT2D eigenvalue weighted by Gasteiger charge is 2.26. The number of fused-ring (bicyclic) bond motifs is 4. The molecule has 0 fully saturated rings. The fourth-order valence-corrected chi connectivity index (χ4v) is 3.61. The van der Waals surface area contributed by atoms with Crippen LogP contribution in [0.25, 0.3) is 21.9 Å². The smallest absolute Gasteiger partial charge is 0.289 e. The lowest BCUT2D eigenvalue weighted by molar-refractivity contribution is 0.0703. The van der Waals surface area contributed by atoms with E-state index in [9.17, 15) is 4.79 Å². The van der Waals surface area contributed by atoms with Gasteiger partial charge < -0.3 is 14.3 Å². The van der Waals surface area contributed by atoms with Gasteiger partial charge in [-0.15, -0.1) is 0 Å². The molecule has 2 aromatic carbocycles. The zero-order valence-corrected chi connectivity index (χ0v) is 13.1. The lowest BCUT2D eigenvalue weighted by Crippen LogP contribution is -2.35. The second kappa shape index (κ2) is 4.99. The molecule has 24 heavy (non-hydrogen) atoms. The molecule has 4 heteroatoms. The Morgan fingerprint density at radius 2 is 1.92 bits per heavy atom. The first kappa shape index (κ1) is 13.4. The molecular formula is C20H16N2O2. The third-order valence-corrected chi connectivity index (χ3v) is 4.81. The van der Waals surface area contributed by atoms with Crippen LogP contribution in [0.3, 0.4) is 0 Å². The molecule has 5 rings (SSSR count). The van der Waals surface area contributed by atoms with Gasteiger partial charge in [0.1, 0.15) is 5.58 Å². The number of amides is 1. The van der Waals surface area contributed by atoms with E-state index >= 15 is 0 Å². The first-order valence-corrected chi connectivity index (χ1v) is 8.16. The van der Waals surface area contributed by atoms with Gasteiger partial charge in [-0.3, -0.25) is 4.79 Å². The first-order valence-electron chi connectivity index (χ1n) is 8.16. The van der Waals surface area contributed by atoms with E-state index in [0.29, 0.717) is 18.8 Å². The number of aromatic nitrogens is 1. The van der Waals surface area contributed by atoms with Crippen molar-refractivity contribution in [3.63, 3.8) is 0 Å². The Morgan fingerprint density at radius 3 is 2.83 bits per heavy atom. The molecule has 1 aliphatic rings. The van der Waals surface area contributed by atoms with E-state index in [1.165, 1.54) is 10.9 Å². The average molecular weight is 316 g/mol. The summed E-state index contributed by atoms with van der Waals surface area (Å²) in [7, 11) is 0. The number of furan rings is 1. The summed E-state index contributed by atoms with van der Waals surface area (Å²) in [5, 5.41) is 2.23. The van der Waals surface area contributed by atoms with Gasteiger partial charge in [-0.2, -0.15) is 0 Å². The highest BCUT2D eigenvalue weighted by molar-refractivity contribution is 5.96. The largest absolute Gasteiger partial charge is 0.451 e. The lowest BCUT2D eigenvalue weighted by Gasteiger charge is -2.26. The van der Waals surface area contributed by atoms with E-state index in [1.54, 1.807) is 0 Å². The van der Waals surface area contributed by atoms with Crippen molar-refractivity contribution in [3.8, 4) is 0 Å². The van der Waals surface area contributed by atoms with Crippen molar-refractivity contribution in [2.75, 3.05) is 6.54 Å². The minimum atomic E-state index is -0.0458. The zero-order chi connectivity index (χ0) is 16.1. The number of nitrogens with one attached hydrogen (secondary N) is 1. The molecule has 4 aromatic rings. The molecule has 0 saturated carbocycles. The van der Waals surface area contributed by atoms with Crippen LogP contribution in [-0.2, 0) is 13.0 Å². The van der Waals surface area contributed by atoms with Gasteiger partial charge in [0.25, 0.3) is 5.91 Å². The second-order valence-corrected chi connectivity index (χ2v) is 6.25. The topological polar surface area (TPSA) is 49.2 Å². The molecule has 0 bridgehead atoms. The fraction of sp³-hybridized carbons (Fsp3) is 0.150. The van der Waals surface area contributed by atoms with Crippen molar-refractivity contribution in [3.05, 3.63) is 71.6 Å². The van der Waals surface area contributed by atoms with Crippen LogP contribution in [0.5, 0.6) is 0 Å². The normalized spacial score (nSPS) is 14.2. The van der Waals surface area contributed by atoms with Gasteiger partial charge in [0.15, 0.2) is 5.76 Å². The molecule has 3 heterocycles. The third-order valence-electron chi connectivity index (χ3n) is 4.81. The molecule has 1 amide bonds. The molecule has 0 spiro atoms. The van der Waals surface area contributed by atoms with Crippen LogP contribution in [0.1, 0.15) is 21.8 Å². The number of nitrogens with zero attached hydrogens (tertiary/aromatic N) is 1. The fourth-order valence-electron chi connectivity index (χ4n) is 3.61. The number of rotatable bonds is 1. The molecule has 0 radical (unpaired) electrons. The number of hydrogen-bond donors (Lipinski definition) is 1. The van der Waals surface area contributed by atoms with Crippen LogP contribution < -0.4 is 0 Å². The predicted molar refractivity (Wildman–Crippen MR) is 93.0 cm³/mol. The van der Waals surface area contributed by atoms with Gasteiger partial charge >= 0.3 is 0 Å². The van der Waals surface area contributed by atoms with Gasteiger partial charge in [0.05, 0.1) is 6.54 Å². The molecule has 0 unspecified atom stereocenters. The Morgan fingerprint density at radius 1 is 1.08 bits per heavy atom. The summed E-state index contributed by atoms with van der Waals surface area (Å²) < 4.78 is 5.73. The van der Waals surface area contributed by atoms with Crippen molar-refractivity contribution in [2.24, 2.45) is 0 Å². The maximum absolute atomic E-state index is 12.8. The van der Waals surface area contributed by atoms with Crippen LogP contribution in [-0.4, -0.2) is 22.3 Å². The summed E-state index contributed by atoms with van der Waals surface area (Å²) in [6.45, 7) is 1.31. The van der Waals surface area contributed by atoms with Crippen LogP contribution in [0.2, 0.25) is 0 Å². The summed E-state index contributed by atoms with van der Waals surface area (Å²) in [6, 6.07) is 17.9. The molecule has 4 nitrogen and oxygen atoms in total. The Kier molecular flexibility index (Phi) is 2.80. The van der Waals surface area contributed by atoms with Crippen molar-refractivity contribution in [1.82, 2.24) is 9.88 Å². The number of benzene rings is 2. The number of aromatic amines is 1. The SMILES string of the molecule is O=C(c1cc2ccccc2o1)N1CCc2c([nH]c3ccccc23)C1. The Hall–Kier alpha value is -3.01. The maximum Gasteiger partial charge on any atom is 0.289 e. The van der Waals surface area contributed by atoms with E-state index in [2.05, 4.69) is 23.2 Å². The molecule has 1 aliphatic heterocycles. The number of hydrogen-bond acceptors (Lipinski definition) is 2. The summed E-state index contributed by atoms with van der Waals surface area (Å²) in [5.74, 6) is 0.367. The molecule has 0 aliphatic carbocycles. The van der Waals surface area contributed by atoms with Crippen LogP contribution in [0, 0.1) is 0 Å². The molecule has 0 saturated heterocycles. The van der Waals surface area contributed by atoms with Crippen molar-refractivity contribution >= 4 is 27.8 Å². The Labute approximate surface area is 138 Å². The van der Waals surface area contributed by atoms with E-state index in [4.69, 9.17) is 4.42 Å². The van der Waals surface area contributed by atoms with Crippen LogP contribution >= 0.6 is 0 Å². The molecule has 1 N–H and O–H groups in total. The average Bonchev–Trinajstić information content (AvgIpc) is 3.21. The third kappa shape index (κ3) is 1.96. The van der Waals surface area contributed by atoms with Gasteiger partial charge in [-0.05, 0) is 30.2 Å². The van der Waals surface area contributed by atoms with E-state index in [-0.39, 0.29) is 5.91 Å². The quantitative estimate of drug-likeness (QED) is 0.574. The lowest BCUT2D eigenvalue weighted by atomic mass is 10.0. The Balaban J connectivity index is 1.48. The van der Waals surface area contributed by atoms with Gasteiger partial charge in [-0.1, -0.05) is 36.4 Å². The molecule has 118 valence electrons. The molecule has 0 atom stereocenters. The highest BCUT2D eigenvalue weighted by atomic mass is 16.3. The van der Waals surface area contributed by atoms with Gasteiger partial charge in [0.2, 0.25) is 0 Å². The first-order chi connectivity index (χ1) is 11.8. The summed E-state index contributed by atoms with van der Waals surface area (Å²) in [6.07, 6.45) is 0.866. The molecule has 2 aromatic heterocycles.